The zero-order valence-electron chi connectivity index (χ0n) is 10.1. The molecule has 1 unspecified atom stereocenters. The molecular weight excluding hydrogens is 268 g/mol. The summed E-state index contributed by atoms with van der Waals surface area (Å²) in [6, 6.07) is 6.31. The molecule has 0 saturated carbocycles. The van der Waals surface area contributed by atoms with Gasteiger partial charge in [0.2, 0.25) is 0 Å². The number of carbonyl (C=O) groups is 1. The van der Waals surface area contributed by atoms with Crippen LogP contribution in [-0.4, -0.2) is 33.2 Å². The number of aliphatic carboxylic acids is 1. The van der Waals surface area contributed by atoms with Crippen LogP contribution in [-0.2, 0) is 11.3 Å². The lowest BCUT2D eigenvalue weighted by Gasteiger charge is -2.06. The van der Waals surface area contributed by atoms with Crippen LogP contribution in [0, 0.1) is 0 Å². The Labute approximate surface area is 113 Å². The Morgan fingerprint density at radius 1 is 1.47 bits per heavy atom. The monoisotopic (exact) mass is 282 g/mol. The fraction of sp³-hybridized carbons (Fsp3) is 0.333. The van der Waals surface area contributed by atoms with Gasteiger partial charge >= 0.3 is 11.7 Å². The van der Waals surface area contributed by atoms with Gasteiger partial charge in [-0.1, -0.05) is 12.1 Å². The second-order valence-electron chi connectivity index (χ2n) is 4.01. The van der Waals surface area contributed by atoms with Crippen molar-refractivity contribution in [1.29, 1.82) is 0 Å². The average molecular weight is 282 g/mol. The first-order valence-electron chi connectivity index (χ1n) is 5.74. The molecule has 1 aromatic heterocycles. The molecule has 0 amide bonds. The van der Waals surface area contributed by atoms with Gasteiger partial charge in [-0.3, -0.25) is 9.36 Å². The Kier molecular flexibility index (Phi) is 4.28. The van der Waals surface area contributed by atoms with Gasteiger partial charge in [0.25, 0.3) is 0 Å². The van der Waals surface area contributed by atoms with Crippen LogP contribution >= 0.6 is 11.8 Å². The van der Waals surface area contributed by atoms with Crippen LogP contribution in [0.2, 0.25) is 0 Å². The molecule has 1 atom stereocenters. The Morgan fingerprint density at radius 2 is 2.21 bits per heavy atom. The molecule has 7 heteroatoms. The average Bonchev–Trinajstić information content (AvgIpc) is 2.70. The third-order valence-electron chi connectivity index (χ3n) is 2.65. The molecular formula is C12H14N2O4S. The Balaban J connectivity index is 1.97. The van der Waals surface area contributed by atoms with Crippen molar-refractivity contribution in [2.75, 3.05) is 11.5 Å². The van der Waals surface area contributed by atoms with Crippen LogP contribution in [0.15, 0.2) is 33.5 Å². The number of carboxylic acid groups (broad SMARTS) is 1. The zero-order chi connectivity index (χ0) is 13.8. The van der Waals surface area contributed by atoms with Crippen molar-refractivity contribution >= 4 is 28.8 Å². The van der Waals surface area contributed by atoms with E-state index in [1.165, 1.54) is 16.3 Å². The molecule has 1 heterocycles. The topological polar surface area (TPSA) is 98.5 Å². The maximum absolute atomic E-state index is 11.6. The molecule has 2 rings (SSSR count). The van der Waals surface area contributed by atoms with Gasteiger partial charge in [0.15, 0.2) is 5.58 Å². The minimum atomic E-state index is -1.02. The lowest BCUT2D eigenvalue weighted by atomic mass is 10.3. The number of nitrogens with two attached hydrogens (primary N) is 1. The first-order chi connectivity index (χ1) is 9.09. The second kappa shape index (κ2) is 5.94. The van der Waals surface area contributed by atoms with Crippen molar-refractivity contribution in [3.63, 3.8) is 0 Å². The normalized spacial score (nSPS) is 12.7. The first kappa shape index (κ1) is 13.7. The minimum absolute atomic E-state index is 0.319. The summed E-state index contributed by atoms with van der Waals surface area (Å²) < 4.78 is 6.63. The molecule has 0 aliphatic rings. The molecule has 0 saturated heterocycles. The van der Waals surface area contributed by atoms with Crippen LogP contribution in [0.5, 0.6) is 0 Å². The molecule has 102 valence electrons. The van der Waals surface area contributed by atoms with Crippen molar-refractivity contribution in [2.24, 2.45) is 5.73 Å². The standard InChI is InChI=1S/C12H14N2O4S/c13-8(11(15)16)7-19-6-5-14-9-3-1-2-4-10(9)18-12(14)17/h1-4,8H,5-7,13H2,(H,15,16). The zero-order valence-corrected chi connectivity index (χ0v) is 10.9. The van der Waals surface area contributed by atoms with Gasteiger partial charge in [0.05, 0.1) is 5.52 Å². The SMILES string of the molecule is NC(CSCCn1c(=O)oc2ccccc21)C(=O)O. The third-order valence-corrected chi connectivity index (χ3v) is 3.71. The van der Waals surface area contributed by atoms with Crippen LogP contribution < -0.4 is 11.5 Å². The predicted molar refractivity (Wildman–Crippen MR) is 73.4 cm³/mol. The summed E-state index contributed by atoms with van der Waals surface area (Å²) in [5.74, 6) is -0.493. The highest BCUT2D eigenvalue weighted by Gasteiger charge is 2.12. The van der Waals surface area contributed by atoms with E-state index in [-0.39, 0.29) is 0 Å². The number of nitrogens with zero attached hydrogens (tertiary/aromatic N) is 1. The molecule has 2 aromatic rings. The van der Waals surface area contributed by atoms with E-state index in [0.717, 1.165) is 5.52 Å². The molecule has 0 fully saturated rings. The molecule has 0 aliphatic carbocycles. The van der Waals surface area contributed by atoms with E-state index < -0.39 is 17.8 Å². The number of hydrogen-bond donors (Lipinski definition) is 2. The maximum atomic E-state index is 11.6. The Morgan fingerprint density at radius 3 is 2.95 bits per heavy atom. The van der Waals surface area contributed by atoms with E-state index in [2.05, 4.69) is 0 Å². The maximum Gasteiger partial charge on any atom is 0.419 e. The molecule has 0 aliphatic heterocycles. The van der Waals surface area contributed by atoms with Gasteiger partial charge in [0, 0.05) is 18.1 Å². The lowest BCUT2D eigenvalue weighted by molar-refractivity contribution is -0.137. The molecule has 1 aromatic carbocycles. The number of hydrogen-bond acceptors (Lipinski definition) is 5. The molecule has 0 spiro atoms. The van der Waals surface area contributed by atoms with Gasteiger partial charge in [-0.2, -0.15) is 11.8 Å². The van der Waals surface area contributed by atoms with E-state index >= 15 is 0 Å². The largest absolute Gasteiger partial charge is 0.480 e. The van der Waals surface area contributed by atoms with Crippen molar-refractivity contribution in [1.82, 2.24) is 4.57 Å². The number of fused-ring (bicyclic) bond motifs is 1. The number of para-hydroxylation sites is 2. The van der Waals surface area contributed by atoms with Crippen LogP contribution in [0.25, 0.3) is 11.1 Å². The number of rotatable bonds is 6. The first-order valence-corrected chi connectivity index (χ1v) is 6.89. The van der Waals surface area contributed by atoms with Crippen molar-refractivity contribution in [3.8, 4) is 0 Å². The van der Waals surface area contributed by atoms with Crippen molar-refractivity contribution in [2.45, 2.75) is 12.6 Å². The van der Waals surface area contributed by atoms with Gasteiger partial charge in [-0.05, 0) is 12.1 Å². The number of oxazole rings is 1. The van der Waals surface area contributed by atoms with E-state index in [0.29, 0.717) is 23.6 Å². The van der Waals surface area contributed by atoms with Gasteiger partial charge in [-0.15, -0.1) is 0 Å². The molecule has 0 bridgehead atoms. The molecule has 3 N–H and O–H groups in total. The summed E-state index contributed by atoms with van der Waals surface area (Å²) in [6.07, 6.45) is 0. The number of benzene rings is 1. The number of aryl methyl sites for hydroxylation is 1. The summed E-state index contributed by atoms with van der Waals surface area (Å²) in [6.45, 7) is 0.465. The fourth-order valence-electron chi connectivity index (χ4n) is 1.66. The number of carboxylic acids is 1. The number of thioether (sulfide) groups is 1. The quantitative estimate of drug-likeness (QED) is 0.758. The summed E-state index contributed by atoms with van der Waals surface area (Å²) in [5, 5.41) is 8.64. The van der Waals surface area contributed by atoms with E-state index in [1.54, 1.807) is 12.1 Å². The minimum Gasteiger partial charge on any atom is -0.480 e. The number of aromatic nitrogens is 1. The van der Waals surface area contributed by atoms with Crippen LogP contribution in [0.3, 0.4) is 0 Å². The smallest absolute Gasteiger partial charge is 0.419 e. The molecule has 19 heavy (non-hydrogen) atoms. The lowest BCUT2D eigenvalue weighted by Crippen LogP contribution is -2.32. The van der Waals surface area contributed by atoms with E-state index in [9.17, 15) is 9.59 Å². The Hall–Kier alpha value is -1.73. The summed E-state index contributed by atoms with van der Waals surface area (Å²) in [7, 11) is 0. The predicted octanol–water partition coefficient (Wildman–Crippen LogP) is 0.740. The van der Waals surface area contributed by atoms with Crippen LogP contribution in [0.1, 0.15) is 0 Å². The summed E-state index contributed by atoms with van der Waals surface area (Å²) in [4.78, 5) is 22.2. The van der Waals surface area contributed by atoms with E-state index in [4.69, 9.17) is 15.3 Å². The molecule has 6 nitrogen and oxygen atoms in total. The Bertz CT molecular complexity index is 634. The fourth-order valence-corrected chi connectivity index (χ4v) is 2.54. The highest BCUT2D eigenvalue weighted by molar-refractivity contribution is 7.99. The van der Waals surface area contributed by atoms with Gasteiger partial charge in [0.1, 0.15) is 6.04 Å². The van der Waals surface area contributed by atoms with Crippen molar-refractivity contribution in [3.05, 3.63) is 34.8 Å². The second-order valence-corrected chi connectivity index (χ2v) is 5.16. The molecule has 0 radical (unpaired) electrons. The van der Waals surface area contributed by atoms with Crippen molar-refractivity contribution < 1.29 is 14.3 Å². The van der Waals surface area contributed by atoms with Crippen LogP contribution in [0.4, 0.5) is 0 Å². The highest BCUT2D eigenvalue weighted by Crippen LogP contribution is 2.12. The third kappa shape index (κ3) is 3.18. The van der Waals surface area contributed by atoms with Gasteiger partial charge in [-0.25, -0.2) is 4.79 Å². The summed E-state index contributed by atoms with van der Waals surface area (Å²) >= 11 is 1.40. The van der Waals surface area contributed by atoms with E-state index in [1.807, 2.05) is 12.1 Å². The van der Waals surface area contributed by atoms with Gasteiger partial charge < -0.3 is 15.3 Å². The summed E-state index contributed by atoms with van der Waals surface area (Å²) in [5.41, 5.74) is 6.69. The highest BCUT2D eigenvalue weighted by atomic mass is 32.2.